The maximum atomic E-state index is 13.0. The molecule has 0 aliphatic rings. The maximum absolute atomic E-state index is 13.0. The van der Waals surface area contributed by atoms with E-state index in [9.17, 15) is 14.4 Å². The molecule has 0 aromatic heterocycles. The Morgan fingerprint density at radius 1 is 0.886 bits per heavy atom. The number of esters is 1. The monoisotopic (exact) mass is 484 g/mol. The molecule has 0 fully saturated rings. The van der Waals surface area contributed by atoms with Crippen molar-refractivity contribution in [3.63, 3.8) is 0 Å². The number of rotatable bonds is 9. The first-order chi connectivity index (χ1) is 16.4. The molecule has 8 nitrogen and oxygen atoms in total. The zero-order chi connectivity index (χ0) is 26.2. The number of carbonyl (C=O) groups excluding carboxylic acids is 3. The molecule has 0 radical (unpaired) electrons. The molecular weight excluding hydrogens is 448 g/mol. The van der Waals surface area contributed by atoms with Crippen molar-refractivity contribution in [1.29, 1.82) is 0 Å². The third-order valence-corrected chi connectivity index (χ3v) is 5.16. The summed E-state index contributed by atoms with van der Waals surface area (Å²) in [6.45, 7) is 11.6. The Labute approximate surface area is 207 Å². The minimum Gasteiger partial charge on any atom is -0.467 e. The van der Waals surface area contributed by atoms with Crippen LogP contribution in [0.1, 0.15) is 57.5 Å². The largest absolute Gasteiger partial charge is 0.467 e. The average molecular weight is 485 g/mol. The lowest BCUT2D eigenvalue weighted by molar-refractivity contribution is -0.144. The first-order valence-electron chi connectivity index (χ1n) is 11.5. The molecule has 2 aromatic rings. The summed E-state index contributed by atoms with van der Waals surface area (Å²) in [4.78, 5) is 37.7. The fourth-order valence-corrected chi connectivity index (χ4v) is 3.33. The highest BCUT2D eigenvalue weighted by atomic mass is 16.6. The molecule has 0 saturated carbocycles. The van der Waals surface area contributed by atoms with Crippen LogP contribution in [0.3, 0.4) is 0 Å². The molecule has 0 bridgehead atoms. The quantitative estimate of drug-likeness (QED) is 0.509. The number of carbonyl (C=O) groups is 3. The number of hydrogen-bond acceptors (Lipinski definition) is 6. The van der Waals surface area contributed by atoms with Crippen LogP contribution in [0.2, 0.25) is 0 Å². The number of amides is 2. The Morgan fingerprint density at radius 2 is 1.43 bits per heavy atom. The summed E-state index contributed by atoms with van der Waals surface area (Å²) in [5.74, 6) is -1.17. The van der Waals surface area contributed by atoms with Crippen LogP contribution in [-0.4, -0.2) is 48.9 Å². The molecular formula is C27H36N2O6. The van der Waals surface area contributed by atoms with Gasteiger partial charge in [-0.15, -0.1) is 0 Å². The molecule has 2 rings (SSSR count). The lowest BCUT2D eigenvalue weighted by Crippen LogP contribution is -2.62. The average Bonchev–Trinajstić information content (AvgIpc) is 2.79. The van der Waals surface area contributed by atoms with Gasteiger partial charge < -0.3 is 24.8 Å². The van der Waals surface area contributed by atoms with Crippen LogP contribution in [-0.2, 0) is 25.6 Å². The van der Waals surface area contributed by atoms with Gasteiger partial charge >= 0.3 is 12.1 Å². The molecule has 2 amide bonds. The van der Waals surface area contributed by atoms with Crippen molar-refractivity contribution in [3.05, 3.63) is 59.7 Å². The van der Waals surface area contributed by atoms with E-state index in [1.54, 1.807) is 46.8 Å². The van der Waals surface area contributed by atoms with E-state index in [2.05, 4.69) is 10.6 Å². The highest BCUT2D eigenvalue weighted by molar-refractivity contribution is 5.97. The van der Waals surface area contributed by atoms with Gasteiger partial charge in [-0.3, -0.25) is 4.79 Å². The van der Waals surface area contributed by atoms with E-state index in [0.717, 1.165) is 16.7 Å². The number of ether oxygens (including phenoxy) is 3. The SMILES string of the molecule is CCOCc1ccc(-c2ccc(C(=O)N[C@H](C(=O)OC)C(C)(C)NC(=O)OC(C)(C)C)cc2)cc1. The predicted octanol–water partition coefficient (Wildman–Crippen LogP) is 4.46. The van der Waals surface area contributed by atoms with Crippen LogP contribution in [0.15, 0.2) is 48.5 Å². The third-order valence-electron chi connectivity index (χ3n) is 5.16. The molecule has 190 valence electrons. The molecule has 0 unspecified atom stereocenters. The number of methoxy groups -OCH3 is 1. The van der Waals surface area contributed by atoms with Gasteiger partial charge in [-0.05, 0) is 70.4 Å². The highest BCUT2D eigenvalue weighted by Gasteiger charge is 2.39. The van der Waals surface area contributed by atoms with E-state index in [4.69, 9.17) is 14.2 Å². The first kappa shape index (κ1) is 27.9. The summed E-state index contributed by atoms with van der Waals surface area (Å²) in [5.41, 5.74) is 1.50. The number of hydrogen-bond donors (Lipinski definition) is 2. The fraction of sp³-hybridized carbons (Fsp3) is 0.444. The summed E-state index contributed by atoms with van der Waals surface area (Å²) in [5, 5.41) is 5.33. The number of alkyl carbamates (subject to hydrolysis) is 1. The van der Waals surface area contributed by atoms with Crippen molar-refractivity contribution in [3.8, 4) is 11.1 Å². The van der Waals surface area contributed by atoms with E-state index in [1.165, 1.54) is 7.11 Å². The van der Waals surface area contributed by atoms with Crippen LogP contribution in [0.25, 0.3) is 11.1 Å². The Bertz CT molecular complexity index is 1010. The summed E-state index contributed by atoms with van der Waals surface area (Å²) in [7, 11) is 1.22. The van der Waals surface area contributed by atoms with Crippen molar-refractivity contribution < 1.29 is 28.6 Å². The zero-order valence-electron chi connectivity index (χ0n) is 21.6. The predicted molar refractivity (Wildman–Crippen MR) is 134 cm³/mol. The van der Waals surface area contributed by atoms with Crippen molar-refractivity contribution in [2.24, 2.45) is 0 Å². The lowest BCUT2D eigenvalue weighted by atomic mass is 9.94. The molecule has 0 saturated heterocycles. The van der Waals surface area contributed by atoms with Crippen molar-refractivity contribution >= 4 is 18.0 Å². The number of nitrogens with one attached hydrogen (secondary N) is 2. The highest BCUT2D eigenvalue weighted by Crippen LogP contribution is 2.21. The molecule has 2 aromatic carbocycles. The van der Waals surface area contributed by atoms with E-state index >= 15 is 0 Å². The molecule has 8 heteroatoms. The Kier molecular flexibility index (Phi) is 9.42. The van der Waals surface area contributed by atoms with Gasteiger partial charge in [0.05, 0.1) is 19.3 Å². The van der Waals surface area contributed by atoms with E-state index in [1.807, 2.05) is 43.3 Å². The van der Waals surface area contributed by atoms with Gasteiger partial charge in [-0.2, -0.15) is 0 Å². The Balaban J connectivity index is 2.14. The minimum atomic E-state index is -1.19. The molecule has 1 atom stereocenters. The van der Waals surface area contributed by atoms with Gasteiger partial charge in [0.15, 0.2) is 0 Å². The fourth-order valence-electron chi connectivity index (χ4n) is 3.33. The lowest BCUT2D eigenvalue weighted by Gasteiger charge is -2.34. The standard InChI is InChI=1S/C27H36N2O6/c1-8-34-17-18-9-11-19(12-10-18)20-13-15-21(16-14-20)23(30)28-22(24(31)33-7)27(5,6)29-25(32)35-26(2,3)4/h9-16,22H,8,17H2,1-7H3,(H,28,30)(H,29,32)/t22-/m1/s1. The Hall–Kier alpha value is -3.39. The normalized spacial score (nSPS) is 12.4. The van der Waals surface area contributed by atoms with Gasteiger partial charge in [-0.25, -0.2) is 9.59 Å². The van der Waals surface area contributed by atoms with E-state index < -0.39 is 35.2 Å². The summed E-state index contributed by atoms with van der Waals surface area (Å²) in [6, 6.07) is 13.9. The first-order valence-corrected chi connectivity index (χ1v) is 11.5. The van der Waals surface area contributed by atoms with Crippen LogP contribution < -0.4 is 10.6 Å². The Morgan fingerprint density at radius 3 is 1.91 bits per heavy atom. The van der Waals surface area contributed by atoms with Crippen LogP contribution >= 0.6 is 0 Å². The minimum absolute atomic E-state index is 0.365. The number of benzene rings is 2. The van der Waals surface area contributed by atoms with Crippen LogP contribution in [0, 0.1) is 0 Å². The molecule has 35 heavy (non-hydrogen) atoms. The van der Waals surface area contributed by atoms with Gasteiger partial charge in [0.2, 0.25) is 0 Å². The zero-order valence-corrected chi connectivity index (χ0v) is 21.6. The smallest absolute Gasteiger partial charge is 0.408 e. The van der Waals surface area contributed by atoms with Gasteiger partial charge in [0.25, 0.3) is 5.91 Å². The maximum Gasteiger partial charge on any atom is 0.408 e. The van der Waals surface area contributed by atoms with E-state index in [0.29, 0.717) is 18.8 Å². The van der Waals surface area contributed by atoms with Crippen molar-refractivity contribution in [2.45, 2.75) is 65.3 Å². The second kappa shape index (κ2) is 11.8. The molecule has 0 heterocycles. The van der Waals surface area contributed by atoms with Gasteiger partial charge in [-0.1, -0.05) is 36.4 Å². The van der Waals surface area contributed by atoms with Crippen molar-refractivity contribution in [2.75, 3.05) is 13.7 Å². The molecule has 0 aliphatic heterocycles. The van der Waals surface area contributed by atoms with E-state index in [-0.39, 0.29) is 0 Å². The summed E-state index contributed by atoms with van der Waals surface area (Å²) >= 11 is 0. The molecule has 2 N–H and O–H groups in total. The van der Waals surface area contributed by atoms with Crippen molar-refractivity contribution in [1.82, 2.24) is 10.6 Å². The molecule has 0 spiro atoms. The second-order valence-electron chi connectivity index (χ2n) is 9.69. The van der Waals surface area contributed by atoms with Gasteiger partial charge in [0.1, 0.15) is 11.6 Å². The van der Waals surface area contributed by atoms with Gasteiger partial charge in [0, 0.05) is 12.2 Å². The third kappa shape index (κ3) is 8.40. The molecule has 0 aliphatic carbocycles. The van der Waals surface area contributed by atoms with Crippen LogP contribution in [0.4, 0.5) is 4.79 Å². The van der Waals surface area contributed by atoms with Crippen LogP contribution in [0.5, 0.6) is 0 Å². The summed E-state index contributed by atoms with van der Waals surface area (Å²) in [6.07, 6.45) is -0.706. The topological polar surface area (TPSA) is 103 Å². The summed E-state index contributed by atoms with van der Waals surface area (Å²) < 4.78 is 15.6. The second-order valence-corrected chi connectivity index (χ2v) is 9.69.